The van der Waals surface area contributed by atoms with Crippen molar-refractivity contribution in [2.24, 2.45) is 4.99 Å². The normalized spacial score (nSPS) is 14.6. The Balaban J connectivity index is 1.05. The Bertz CT molecular complexity index is 2920. The van der Waals surface area contributed by atoms with Crippen LogP contribution in [0.2, 0.25) is 0 Å². The molecule has 0 bridgehead atoms. The van der Waals surface area contributed by atoms with Crippen LogP contribution in [0.25, 0.3) is 77.5 Å². The van der Waals surface area contributed by atoms with E-state index in [4.69, 9.17) is 4.99 Å². The van der Waals surface area contributed by atoms with Gasteiger partial charge in [0.2, 0.25) is 0 Å². The van der Waals surface area contributed by atoms with Crippen LogP contribution in [0.5, 0.6) is 0 Å². The zero-order valence-corrected chi connectivity index (χ0v) is 29.3. The third-order valence-electron chi connectivity index (χ3n) is 10.9. The lowest BCUT2D eigenvalue weighted by molar-refractivity contribution is 0.948. The van der Waals surface area contributed by atoms with Gasteiger partial charge in [0.25, 0.3) is 0 Å². The highest BCUT2D eigenvalue weighted by Crippen LogP contribution is 2.47. The maximum atomic E-state index is 5.06. The van der Waals surface area contributed by atoms with Gasteiger partial charge in [0, 0.05) is 39.3 Å². The van der Waals surface area contributed by atoms with Crippen molar-refractivity contribution < 1.29 is 0 Å². The molecule has 0 aliphatic carbocycles. The lowest BCUT2D eigenvalue weighted by Crippen LogP contribution is -2.35. The fourth-order valence-corrected chi connectivity index (χ4v) is 8.38. The molecule has 254 valence electrons. The molecule has 0 amide bonds. The summed E-state index contributed by atoms with van der Waals surface area (Å²) in [5, 5.41) is 8.88. The molecule has 7 aromatic carbocycles. The zero-order valence-electron chi connectivity index (χ0n) is 29.3. The number of benzene rings is 7. The monoisotopic (exact) mass is 691 g/mol. The van der Waals surface area contributed by atoms with Crippen LogP contribution >= 0.6 is 0 Å². The minimum absolute atomic E-state index is 0.109. The molecule has 2 aliphatic rings. The van der Waals surface area contributed by atoms with Gasteiger partial charge in [0.1, 0.15) is 6.17 Å². The third-order valence-corrected chi connectivity index (χ3v) is 10.9. The lowest BCUT2D eigenvalue weighted by atomic mass is 9.93. The van der Waals surface area contributed by atoms with Gasteiger partial charge in [0.05, 0.1) is 40.1 Å². The summed E-state index contributed by atoms with van der Waals surface area (Å²) in [6.07, 6.45) is 5.94. The number of aliphatic imine (C=N–C) groups is 1. The van der Waals surface area contributed by atoms with Crippen LogP contribution in [-0.2, 0) is 0 Å². The lowest BCUT2D eigenvalue weighted by Gasteiger charge is -2.25. The second-order valence-electron chi connectivity index (χ2n) is 13.9. The van der Waals surface area contributed by atoms with E-state index in [9.17, 15) is 0 Å². The van der Waals surface area contributed by atoms with Crippen molar-refractivity contribution in [2.45, 2.75) is 6.17 Å². The summed E-state index contributed by atoms with van der Waals surface area (Å²) in [5.74, 6) is 0. The summed E-state index contributed by atoms with van der Waals surface area (Å²) in [4.78, 5) is 12.0. The predicted octanol–water partition coefficient (Wildman–Crippen LogP) is 12.0. The maximum Gasteiger partial charge on any atom is 0.126 e. The van der Waals surface area contributed by atoms with Crippen molar-refractivity contribution in [1.29, 1.82) is 0 Å². The summed E-state index contributed by atoms with van der Waals surface area (Å²) < 4.78 is 2.37. The first kappa shape index (κ1) is 30.4. The van der Waals surface area contributed by atoms with Crippen LogP contribution in [0.4, 0.5) is 11.4 Å². The fraction of sp³-hybridized carbons (Fsp3) is 0.0204. The van der Waals surface area contributed by atoms with Gasteiger partial charge < -0.3 is 14.8 Å². The van der Waals surface area contributed by atoms with Crippen LogP contribution < -0.4 is 10.2 Å². The molecule has 5 heteroatoms. The van der Waals surface area contributed by atoms with E-state index in [0.29, 0.717) is 0 Å². The average molecular weight is 692 g/mol. The van der Waals surface area contributed by atoms with Crippen molar-refractivity contribution in [3.05, 3.63) is 188 Å². The average Bonchev–Trinajstić information content (AvgIpc) is 3.79. The molecule has 11 rings (SSSR count). The Hall–Kier alpha value is -7.24. The van der Waals surface area contributed by atoms with Crippen LogP contribution in [0.15, 0.2) is 187 Å². The SMILES string of the molecule is C1=NC(c2ccccc2-c2ccccn2)=CC2Nc3c(-c4ccc(-n5c6ccccc6c6ccccc65)cc4)cc(-c4cccc5ccccc45)cc3N12. The number of anilines is 2. The van der Waals surface area contributed by atoms with Gasteiger partial charge in [-0.2, -0.15) is 0 Å². The summed E-state index contributed by atoms with van der Waals surface area (Å²) in [5.41, 5.74) is 14.4. The summed E-state index contributed by atoms with van der Waals surface area (Å²) in [6.45, 7) is 0. The largest absolute Gasteiger partial charge is 0.359 e. The Labute approximate surface area is 312 Å². The molecular formula is C49H33N5. The van der Waals surface area contributed by atoms with Crippen LogP contribution in [0, 0.1) is 0 Å². The van der Waals surface area contributed by atoms with Gasteiger partial charge in [-0.25, -0.2) is 4.99 Å². The number of hydrogen-bond acceptors (Lipinski definition) is 4. The molecule has 5 nitrogen and oxygen atoms in total. The zero-order chi connectivity index (χ0) is 35.6. The number of fused-ring (bicyclic) bond motifs is 7. The van der Waals surface area contributed by atoms with E-state index in [-0.39, 0.29) is 6.17 Å². The number of para-hydroxylation sites is 2. The highest BCUT2D eigenvalue weighted by molar-refractivity contribution is 6.10. The molecule has 54 heavy (non-hydrogen) atoms. The molecule has 1 N–H and O–H groups in total. The Morgan fingerprint density at radius 1 is 0.519 bits per heavy atom. The molecule has 0 spiro atoms. The molecule has 2 aromatic heterocycles. The number of aromatic nitrogens is 2. The number of nitrogens with one attached hydrogen (secondary N) is 1. The van der Waals surface area contributed by atoms with E-state index < -0.39 is 0 Å². The number of rotatable bonds is 5. The minimum atomic E-state index is -0.109. The Morgan fingerprint density at radius 3 is 1.96 bits per heavy atom. The maximum absolute atomic E-state index is 5.06. The van der Waals surface area contributed by atoms with Crippen molar-refractivity contribution in [1.82, 2.24) is 9.55 Å². The van der Waals surface area contributed by atoms with Gasteiger partial charge >= 0.3 is 0 Å². The minimum Gasteiger partial charge on any atom is -0.359 e. The van der Waals surface area contributed by atoms with Crippen LogP contribution in [0.3, 0.4) is 0 Å². The first-order chi connectivity index (χ1) is 26.8. The second kappa shape index (κ2) is 12.2. The topological polar surface area (TPSA) is 45.5 Å². The van der Waals surface area contributed by atoms with Crippen molar-refractivity contribution in [2.75, 3.05) is 10.2 Å². The molecular weight excluding hydrogens is 659 g/mol. The summed E-state index contributed by atoms with van der Waals surface area (Å²) in [7, 11) is 0. The molecule has 1 unspecified atom stereocenters. The molecule has 0 fully saturated rings. The number of hydrogen-bond donors (Lipinski definition) is 1. The van der Waals surface area contributed by atoms with Gasteiger partial charge in [-0.05, 0) is 82.1 Å². The van der Waals surface area contributed by atoms with Crippen LogP contribution in [-0.4, -0.2) is 22.1 Å². The van der Waals surface area contributed by atoms with E-state index in [1.54, 1.807) is 0 Å². The third kappa shape index (κ3) is 4.79. The summed E-state index contributed by atoms with van der Waals surface area (Å²) in [6, 6.07) is 60.6. The fourth-order valence-electron chi connectivity index (χ4n) is 8.38. The standard InChI is InChI=1S/C49H33N5/c1-2-14-36-32(12-1)13-11-19-37(36)34-28-42(33-23-25-35(26-24-33)54-45-21-7-5-17-40(45)41-18-6-8-22-46(41)54)49-47(29-34)53-31-51-44(30-48(53)52-49)39-16-4-3-15-38(39)43-20-9-10-27-50-43/h1-31,48,52H. The number of nitrogens with zero attached hydrogens (tertiary/aromatic N) is 4. The first-order valence-electron chi connectivity index (χ1n) is 18.4. The van der Waals surface area contributed by atoms with Gasteiger partial charge in [-0.3, -0.25) is 4.98 Å². The second-order valence-corrected chi connectivity index (χ2v) is 13.9. The Kier molecular flexibility index (Phi) is 6.85. The molecule has 2 aliphatic heterocycles. The Morgan fingerprint density at radius 2 is 1.19 bits per heavy atom. The smallest absolute Gasteiger partial charge is 0.126 e. The molecule has 0 saturated carbocycles. The molecule has 1 atom stereocenters. The van der Waals surface area contributed by atoms with Gasteiger partial charge in [-0.15, -0.1) is 0 Å². The molecule has 9 aromatic rings. The number of pyridine rings is 1. The van der Waals surface area contributed by atoms with E-state index in [1.165, 1.54) is 38.1 Å². The molecule has 0 radical (unpaired) electrons. The van der Waals surface area contributed by atoms with E-state index in [2.05, 4.69) is 184 Å². The van der Waals surface area contributed by atoms with E-state index in [0.717, 1.165) is 56.3 Å². The molecule has 0 saturated heterocycles. The summed E-state index contributed by atoms with van der Waals surface area (Å²) >= 11 is 0. The van der Waals surface area contributed by atoms with Crippen molar-refractivity contribution in [3.8, 4) is 39.2 Å². The first-order valence-corrected chi connectivity index (χ1v) is 18.4. The predicted molar refractivity (Wildman–Crippen MR) is 225 cm³/mol. The van der Waals surface area contributed by atoms with Crippen molar-refractivity contribution in [3.63, 3.8) is 0 Å². The highest BCUT2D eigenvalue weighted by Gasteiger charge is 2.32. The van der Waals surface area contributed by atoms with Gasteiger partial charge in [0.15, 0.2) is 0 Å². The van der Waals surface area contributed by atoms with E-state index in [1.807, 2.05) is 24.7 Å². The van der Waals surface area contributed by atoms with Gasteiger partial charge in [-0.1, -0.05) is 121 Å². The quantitative estimate of drug-likeness (QED) is 0.195. The van der Waals surface area contributed by atoms with E-state index >= 15 is 0 Å². The highest BCUT2D eigenvalue weighted by atomic mass is 15.3. The van der Waals surface area contributed by atoms with Crippen molar-refractivity contribution >= 4 is 56.0 Å². The van der Waals surface area contributed by atoms with Crippen LogP contribution in [0.1, 0.15) is 5.56 Å². The molecule has 4 heterocycles.